The normalized spacial score (nSPS) is 12.7. The summed E-state index contributed by atoms with van der Waals surface area (Å²) in [4.78, 5) is 11.3. The van der Waals surface area contributed by atoms with E-state index in [9.17, 15) is 4.79 Å². The van der Waals surface area contributed by atoms with Crippen LogP contribution >= 0.6 is 23.1 Å². The van der Waals surface area contributed by atoms with Crippen LogP contribution in [0.25, 0.3) is 0 Å². The van der Waals surface area contributed by atoms with Crippen molar-refractivity contribution in [3.8, 4) is 0 Å². The molecule has 0 saturated carbocycles. The number of carboxylic acids is 1. The molecule has 1 rings (SSSR count). The number of carboxylic acid groups (broad SMARTS) is 1. The van der Waals surface area contributed by atoms with Crippen molar-refractivity contribution in [3.63, 3.8) is 0 Å². The second kappa shape index (κ2) is 6.15. The summed E-state index contributed by atoms with van der Waals surface area (Å²) in [5.74, 6) is 1.40. The van der Waals surface area contributed by atoms with E-state index < -0.39 is 5.97 Å². The molecule has 84 valence electrons. The fraction of sp³-hybridized carbons (Fsp3) is 0.500. The lowest BCUT2D eigenvalue weighted by Crippen LogP contribution is -2.12. The summed E-state index contributed by atoms with van der Waals surface area (Å²) >= 11 is 3.02. The van der Waals surface area contributed by atoms with Crippen molar-refractivity contribution in [1.29, 1.82) is 0 Å². The Morgan fingerprint density at radius 1 is 1.73 bits per heavy atom. The van der Waals surface area contributed by atoms with Crippen LogP contribution in [-0.2, 0) is 5.75 Å². The minimum atomic E-state index is -0.826. The smallest absolute Gasteiger partial charge is 0.346 e. The number of thioether (sulfide) groups is 1. The first-order valence-corrected chi connectivity index (χ1v) is 6.76. The molecule has 0 spiro atoms. The predicted molar refractivity (Wildman–Crippen MR) is 65.7 cm³/mol. The summed E-state index contributed by atoms with van der Waals surface area (Å²) in [6, 6.07) is 1.88. The molecule has 15 heavy (non-hydrogen) atoms. The third kappa shape index (κ3) is 3.85. The molecule has 0 aliphatic rings. The van der Waals surface area contributed by atoms with Crippen LogP contribution in [0.3, 0.4) is 0 Å². The molecule has 1 aromatic rings. The van der Waals surface area contributed by atoms with E-state index in [4.69, 9.17) is 10.8 Å². The van der Waals surface area contributed by atoms with Gasteiger partial charge in [-0.25, -0.2) is 4.79 Å². The van der Waals surface area contributed by atoms with Crippen molar-refractivity contribution in [2.45, 2.75) is 12.7 Å². The maximum absolute atomic E-state index is 10.8. The van der Waals surface area contributed by atoms with E-state index in [0.717, 1.165) is 17.1 Å². The number of hydrogen-bond acceptors (Lipinski definition) is 4. The average Bonchev–Trinajstić information content (AvgIpc) is 2.65. The van der Waals surface area contributed by atoms with Crippen LogP contribution < -0.4 is 5.73 Å². The molecule has 1 heterocycles. The molecular formula is C10H15NO2S2. The molecular weight excluding hydrogens is 230 g/mol. The topological polar surface area (TPSA) is 63.3 Å². The van der Waals surface area contributed by atoms with Crippen molar-refractivity contribution >= 4 is 29.1 Å². The van der Waals surface area contributed by atoms with Gasteiger partial charge >= 0.3 is 5.97 Å². The van der Waals surface area contributed by atoms with Crippen LogP contribution in [0.4, 0.5) is 0 Å². The molecule has 3 nitrogen and oxygen atoms in total. The Bertz CT molecular complexity index is 325. The highest BCUT2D eigenvalue weighted by atomic mass is 32.2. The lowest BCUT2D eigenvalue weighted by atomic mass is 10.2. The lowest BCUT2D eigenvalue weighted by Gasteiger charge is -2.07. The average molecular weight is 245 g/mol. The van der Waals surface area contributed by atoms with Crippen molar-refractivity contribution in [1.82, 2.24) is 0 Å². The molecule has 1 atom stereocenters. The molecule has 5 heteroatoms. The largest absolute Gasteiger partial charge is 0.477 e. The summed E-state index contributed by atoms with van der Waals surface area (Å²) in [6.07, 6.45) is 0. The first kappa shape index (κ1) is 12.5. The molecule has 3 N–H and O–H groups in total. The Kier molecular flexibility index (Phi) is 5.14. The van der Waals surface area contributed by atoms with E-state index >= 15 is 0 Å². The molecule has 0 aromatic carbocycles. The molecule has 1 aromatic heterocycles. The Morgan fingerprint density at radius 3 is 3.07 bits per heavy atom. The molecule has 1 unspecified atom stereocenters. The number of carbonyl (C=O) groups is 1. The highest BCUT2D eigenvalue weighted by Gasteiger charge is 2.11. The Balaban J connectivity index is 2.44. The molecule has 0 radical (unpaired) electrons. The molecule has 0 aliphatic carbocycles. The van der Waals surface area contributed by atoms with Crippen molar-refractivity contribution in [2.24, 2.45) is 11.7 Å². The highest BCUT2D eigenvalue weighted by Crippen LogP contribution is 2.22. The zero-order chi connectivity index (χ0) is 11.3. The van der Waals surface area contributed by atoms with Gasteiger partial charge in [0, 0.05) is 5.75 Å². The maximum atomic E-state index is 10.8. The van der Waals surface area contributed by atoms with Crippen LogP contribution in [0.1, 0.15) is 22.2 Å². The minimum absolute atomic E-state index is 0.461. The number of hydrogen-bond donors (Lipinski definition) is 2. The van der Waals surface area contributed by atoms with Crippen molar-refractivity contribution in [3.05, 3.63) is 21.9 Å². The van der Waals surface area contributed by atoms with Gasteiger partial charge in [0.1, 0.15) is 4.88 Å². The summed E-state index contributed by atoms with van der Waals surface area (Å²) in [6.45, 7) is 2.78. The van der Waals surface area contributed by atoms with Gasteiger partial charge in [-0.15, -0.1) is 11.3 Å². The fourth-order valence-electron chi connectivity index (χ4n) is 1.08. The molecule has 0 saturated heterocycles. The number of thiophene rings is 1. The Morgan fingerprint density at radius 2 is 2.47 bits per heavy atom. The molecule has 0 bridgehead atoms. The lowest BCUT2D eigenvalue weighted by molar-refractivity contribution is 0.0701. The first-order chi connectivity index (χ1) is 7.15. The highest BCUT2D eigenvalue weighted by molar-refractivity contribution is 7.98. The van der Waals surface area contributed by atoms with E-state index in [2.05, 4.69) is 6.92 Å². The zero-order valence-electron chi connectivity index (χ0n) is 8.60. The molecule has 0 fully saturated rings. The maximum Gasteiger partial charge on any atom is 0.346 e. The number of nitrogens with two attached hydrogens (primary N) is 1. The molecule has 0 amide bonds. The van der Waals surface area contributed by atoms with E-state index in [0.29, 0.717) is 17.3 Å². The van der Waals surface area contributed by atoms with Crippen LogP contribution in [-0.4, -0.2) is 23.4 Å². The third-order valence-corrected chi connectivity index (χ3v) is 4.27. The Labute approximate surface area is 97.7 Å². The summed E-state index contributed by atoms with van der Waals surface area (Å²) in [5, 5.41) is 10.7. The monoisotopic (exact) mass is 245 g/mol. The summed E-state index contributed by atoms with van der Waals surface area (Å²) in [5.41, 5.74) is 6.42. The van der Waals surface area contributed by atoms with Gasteiger partial charge in [0.2, 0.25) is 0 Å². The predicted octanol–water partition coefficient (Wildman–Crippen LogP) is 2.27. The SMILES string of the molecule is CC(CN)CSCc1ccsc1C(=O)O. The van der Waals surface area contributed by atoms with Gasteiger partial charge in [0.25, 0.3) is 0 Å². The summed E-state index contributed by atoms with van der Waals surface area (Å²) in [7, 11) is 0. The van der Waals surface area contributed by atoms with Crippen LogP contribution in [0.5, 0.6) is 0 Å². The zero-order valence-corrected chi connectivity index (χ0v) is 10.2. The van der Waals surface area contributed by atoms with Gasteiger partial charge < -0.3 is 10.8 Å². The fourth-order valence-corrected chi connectivity index (χ4v) is 3.04. The second-order valence-corrected chi connectivity index (χ2v) is 5.38. The van der Waals surface area contributed by atoms with Gasteiger partial charge in [0.05, 0.1) is 0 Å². The van der Waals surface area contributed by atoms with Crippen LogP contribution in [0.2, 0.25) is 0 Å². The number of aromatic carboxylic acids is 1. The summed E-state index contributed by atoms with van der Waals surface area (Å²) < 4.78 is 0. The van der Waals surface area contributed by atoms with Crippen molar-refractivity contribution in [2.75, 3.05) is 12.3 Å². The van der Waals surface area contributed by atoms with Crippen LogP contribution in [0.15, 0.2) is 11.4 Å². The minimum Gasteiger partial charge on any atom is -0.477 e. The van der Waals surface area contributed by atoms with Gasteiger partial charge in [-0.05, 0) is 35.2 Å². The van der Waals surface area contributed by atoms with E-state index in [1.165, 1.54) is 11.3 Å². The standard InChI is InChI=1S/C10H15NO2S2/c1-7(4-11)5-14-6-8-2-3-15-9(8)10(12)13/h2-3,7H,4-6,11H2,1H3,(H,12,13). The van der Waals surface area contributed by atoms with Gasteiger partial charge in [-0.2, -0.15) is 11.8 Å². The Hall–Kier alpha value is -0.520. The van der Waals surface area contributed by atoms with Gasteiger partial charge in [-0.3, -0.25) is 0 Å². The quantitative estimate of drug-likeness (QED) is 0.807. The second-order valence-electron chi connectivity index (χ2n) is 3.44. The van der Waals surface area contributed by atoms with E-state index in [1.807, 2.05) is 11.4 Å². The van der Waals surface area contributed by atoms with Gasteiger partial charge in [-0.1, -0.05) is 6.92 Å². The molecule has 0 aliphatic heterocycles. The third-order valence-electron chi connectivity index (χ3n) is 2.00. The van der Waals surface area contributed by atoms with Gasteiger partial charge in [0.15, 0.2) is 0 Å². The van der Waals surface area contributed by atoms with E-state index in [1.54, 1.807) is 11.8 Å². The number of rotatable bonds is 6. The van der Waals surface area contributed by atoms with Crippen molar-refractivity contribution < 1.29 is 9.90 Å². The van der Waals surface area contributed by atoms with E-state index in [-0.39, 0.29) is 0 Å². The first-order valence-electron chi connectivity index (χ1n) is 4.72. The van der Waals surface area contributed by atoms with Crippen LogP contribution in [0, 0.1) is 5.92 Å².